The van der Waals surface area contributed by atoms with E-state index in [1.165, 1.54) is 19.1 Å². The summed E-state index contributed by atoms with van der Waals surface area (Å²) in [6.45, 7) is 7.43. The van der Waals surface area contributed by atoms with Crippen LogP contribution in [0.25, 0.3) is 11.2 Å². The Morgan fingerprint density at radius 1 is 1.18 bits per heavy atom. The van der Waals surface area contributed by atoms with Crippen molar-refractivity contribution in [2.24, 2.45) is 5.41 Å². The molecule has 0 aliphatic rings. The summed E-state index contributed by atoms with van der Waals surface area (Å²) < 4.78 is 72.5. The molecule has 17 heteroatoms. The summed E-state index contributed by atoms with van der Waals surface area (Å²) >= 11 is 0. The summed E-state index contributed by atoms with van der Waals surface area (Å²) in [5.41, 5.74) is 5.51. The number of esters is 1. The standard InChI is InChI=1S/C27H39F2N6O8P/c1-7-39-23-21-22(32-25(30)33-23)35(16-31-21)20(13-28)42-27(29,18(3)36)15-41-44(38,43-19-11-9-8-10-12-19)34-17(2)24(37)40-14-26(4,5)6/h8-12,16-18,20,36H,7,13-15H2,1-6H3,(H,34,38)(H2,30,32,33)/t17?,18-,20+,27+,44?/m0/s1. The molecular weight excluding hydrogens is 605 g/mol. The Kier molecular flexibility index (Phi) is 11.6. The van der Waals surface area contributed by atoms with Crippen molar-refractivity contribution in [2.75, 3.05) is 32.2 Å². The molecule has 3 aromatic rings. The van der Waals surface area contributed by atoms with Crippen molar-refractivity contribution in [3.63, 3.8) is 0 Å². The van der Waals surface area contributed by atoms with Crippen molar-refractivity contribution >= 4 is 30.8 Å². The van der Waals surface area contributed by atoms with Gasteiger partial charge in [0.15, 0.2) is 17.4 Å². The Hall–Kier alpha value is -3.43. The smallest absolute Gasteiger partial charge is 0.459 e. The van der Waals surface area contributed by atoms with E-state index < -0.39 is 51.2 Å². The van der Waals surface area contributed by atoms with Gasteiger partial charge in [-0.2, -0.15) is 15.1 Å². The van der Waals surface area contributed by atoms with E-state index in [2.05, 4.69) is 20.0 Å². The van der Waals surface area contributed by atoms with Crippen molar-refractivity contribution in [1.29, 1.82) is 0 Å². The van der Waals surface area contributed by atoms with Crippen LogP contribution in [0.2, 0.25) is 0 Å². The quantitative estimate of drug-likeness (QED) is 0.150. The van der Waals surface area contributed by atoms with Crippen LogP contribution in [-0.4, -0.2) is 75.1 Å². The number of benzene rings is 1. The summed E-state index contributed by atoms with van der Waals surface area (Å²) in [7, 11) is -4.57. The summed E-state index contributed by atoms with van der Waals surface area (Å²) in [6.07, 6.45) is -2.57. The third-order valence-electron chi connectivity index (χ3n) is 5.84. The van der Waals surface area contributed by atoms with Gasteiger partial charge in [0, 0.05) is 0 Å². The zero-order valence-electron chi connectivity index (χ0n) is 25.4. The molecule has 0 aliphatic heterocycles. The number of carbonyl (C=O) groups is 1. The number of carbonyl (C=O) groups excluding carboxylic acids is 1. The van der Waals surface area contributed by atoms with E-state index in [1.807, 2.05) is 20.8 Å². The molecule has 0 spiro atoms. The average Bonchev–Trinajstić information content (AvgIpc) is 3.37. The number of aliphatic hydroxyl groups excluding tert-OH is 1. The van der Waals surface area contributed by atoms with Gasteiger partial charge in [-0.15, -0.1) is 0 Å². The summed E-state index contributed by atoms with van der Waals surface area (Å²) in [4.78, 5) is 24.7. The van der Waals surface area contributed by atoms with E-state index in [-0.39, 0.29) is 47.4 Å². The van der Waals surface area contributed by atoms with Crippen LogP contribution in [0.3, 0.4) is 0 Å². The number of para-hydroxylation sites is 1. The van der Waals surface area contributed by atoms with E-state index in [9.17, 15) is 18.9 Å². The maximum Gasteiger partial charge on any atom is 0.459 e. The molecule has 0 amide bonds. The molecule has 1 aromatic carbocycles. The van der Waals surface area contributed by atoms with E-state index in [0.717, 1.165) is 17.8 Å². The van der Waals surface area contributed by atoms with Gasteiger partial charge in [-0.05, 0) is 38.3 Å². The molecule has 2 unspecified atom stereocenters. The highest BCUT2D eigenvalue weighted by molar-refractivity contribution is 7.52. The number of aliphatic hydroxyl groups is 1. The highest BCUT2D eigenvalue weighted by Gasteiger charge is 2.44. The zero-order chi connectivity index (χ0) is 32.7. The normalized spacial score (nSPS) is 16.8. The van der Waals surface area contributed by atoms with Crippen LogP contribution in [0, 0.1) is 5.41 Å². The number of hydrogen-bond acceptors (Lipinski definition) is 12. The maximum atomic E-state index is 16.3. The number of nitrogen functional groups attached to an aromatic ring is 1. The van der Waals surface area contributed by atoms with Gasteiger partial charge in [-0.25, -0.2) is 18.3 Å². The van der Waals surface area contributed by atoms with Gasteiger partial charge in [0.1, 0.15) is 31.2 Å². The van der Waals surface area contributed by atoms with Gasteiger partial charge in [0.25, 0.3) is 5.85 Å². The van der Waals surface area contributed by atoms with Crippen LogP contribution >= 0.6 is 7.75 Å². The number of nitrogens with one attached hydrogen (secondary N) is 1. The molecule has 4 N–H and O–H groups in total. The molecular formula is C27H39F2N6O8P. The zero-order valence-corrected chi connectivity index (χ0v) is 26.3. The average molecular weight is 645 g/mol. The molecule has 2 aromatic heterocycles. The monoisotopic (exact) mass is 644 g/mol. The van der Waals surface area contributed by atoms with Crippen LogP contribution < -0.4 is 20.1 Å². The van der Waals surface area contributed by atoms with Crippen LogP contribution in [0.15, 0.2) is 36.7 Å². The maximum absolute atomic E-state index is 16.3. The van der Waals surface area contributed by atoms with Crippen molar-refractivity contribution in [3.05, 3.63) is 36.7 Å². The SMILES string of the molecule is CCOc1nc(N)nc2c1ncn2[C@@H](CF)O[C@](F)(COP(=O)(NC(C)C(=O)OCC(C)(C)C)Oc1ccccc1)[C@H](C)O. The molecule has 0 bridgehead atoms. The Bertz CT molecular complexity index is 1440. The number of rotatable bonds is 16. The predicted octanol–water partition coefficient (Wildman–Crippen LogP) is 4.11. The topological polar surface area (TPSA) is 182 Å². The first-order chi connectivity index (χ1) is 20.6. The minimum Gasteiger partial charge on any atom is -0.476 e. The molecule has 14 nitrogen and oxygen atoms in total. The van der Waals surface area contributed by atoms with Gasteiger partial charge in [-0.1, -0.05) is 39.0 Å². The van der Waals surface area contributed by atoms with Gasteiger partial charge >= 0.3 is 13.7 Å². The number of nitrogens with zero attached hydrogens (tertiary/aromatic N) is 4. The molecule has 0 radical (unpaired) electrons. The number of imidazole rings is 1. The number of ether oxygens (including phenoxy) is 3. The molecule has 5 atom stereocenters. The first kappa shape index (κ1) is 35.1. The lowest BCUT2D eigenvalue weighted by Gasteiger charge is -2.33. The number of fused-ring (bicyclic) bond motifs is 1. The molecule has 0 saturated carbocycles. The van der Waals surface area contributed by atoms with E-state index in [1.54, 1.807) is 25.1 Å². The second-order valence-corrected chi connectivity index (χ2v) is 12.7. The summed E-state index contributed by atoms with van der Waals surface area (Å²) in [6, 6.07) is 6.55. The van der Waals surface area contributed by atoms with Crippen molar-refractivity contribution in [3.8, 4) is 11.6 Å². The van der Waals surface area contributed by atoms with Gasteiger partial charge < -0.3 is 29.6 Å². The fourth-order valence-electron chi connectivity index (χ4n) is 3.58. The van der Waals surface area contributed by atoms with Crippen LogP contribution in [0.5, 0.6) is 11.6 Å². The van der Waals surface area contributed by atoms with Gasteiger partial charge in [-0.3, -0.25) is 13.9 Å². The van der Waals surface area contributed by atoms with Crippen molar-refractivity contribution in [1.82, 2.24) is 24.6 Å². The van der Waals surface area contributed by atoms with E-state index >= 15 is 4.39 Å². The number of nitrogens with two attached hydrogens (primary N) is 1. The first-order valence-electron chi connectivity index (χ1n) is 13.8. The summed E-state index contributed by atoms with van der Waals surface area (Å²) in [5.74, 6) is -4.06. The molecule has 0 saturated heterocycles. The van der Waals surface area contributed by atoms with Gasteiger partial charge in [0.2, 0.25) is 11.8 Å². The Balaban J connectivity index is 1.87. The predicted molar refractivity (Wildman–Crippen MR) is 156 cm³/mol. The minimum absolute atomic E-state index is 0.0250. The lowest BCUT2D eigenvalue weighted by atomic mass is 9.99. The second kappa shape index (κ2) is 14.6. The molecule has 0 aliphatic carbocycles. The number of aromatic nitrogens is 4. The second-order valence-electron chi connectivity index (χ2n) is 11.0. The summed E-state index contributed by atoms with van der Waals surface area (Å²) in [5, 5.41) is 12.8. The first-order valence-corrected chi connectivity index (χ1v) is 15.3. The van der Waals surface area contributed by atoms with E-state index in [0.29, 0.717) is 0 Å². The van der Waals surface area contributed by atoms with Crippen molar-refractivity contribution < 1.29 is 46.5 Å². The molecule has 2 heterocycles. The van der Waals surface area contributed by atoms with Crippen LogP contribution in [-0.2, 0) is 23.4 Å². The molecule has 3 rings (SSSR count). The molecule has 44 heavy (non-hydrogen) atoms. The van der Waals surface area contributed by atoms with Gasteiger partial charge in [0.05, 0.1) is 19.5 Å². The minimum atomic E-state index is -4.57. The Morgan fingerprint density at radius 2 is 1.86 bits per heavy atom. The van der Waals surface area contributed by atoms with Crippen LogP contribution in [0.1, 0.15) is 47.8 Å². The molecule has 244 valence electrons. The highest BCUT2D eigenvalue weighted by Crippen LogP contribution is 2.46. The fourth-order valence-corrected chi connectivity index (χ4v) is 5.09. The number of alkyl halides is 2. The third kappa shape index (κ3) is 9.29. The largest absolute Gasteiger partial charge is 0.476 e. The molecule has 0 fully saturated rings. The number of anilines is 1. The number of hydrogen-bond donors (Lipinski definition) is 3. The van der Waals surface area contributed by atoms with Crippen molar-refractivity contribution in [2.45, 2.75) is 65.8 Å². The fraction of sp³-hybridized carbons (Fsp3) is 0.556. The Morgan fingerprint density at radius 3 is 2.45 bits per heavy atom. The van der Waals surface area contributed by atoms with E-state index in [4.69, 9.17) is 29.0 Å². The van der Waals surface area contributed by atoms with Crippen LogP contribution in [0.4, 0.5) is 14.7 Å². The lowest BCUT2D eigenvalue weighted by molar-refractivity contribution is -0.259. The highest BCUT2D eigenvalue weighted by atomic mass is 31.2. The number of halogens is 2. The third-order valence-corrected chi connectivity index (χ3v) is 7.46. The lowest BCUT2D eigenvalue weighted by Crippen LogP contribution is -2.46. The Labute approximate surface area is 253 Å².